The third-order valence-electron chi connectivity index (χ3n) is 8.88. The summed E-state index contributed by atoms with van der Waals surface area (Å²) in [6, 6.07) is 23.7. The van der Waals surface area contributed by atoms with Gasteiger partial charge in [0.05, 0.1) is 18.4 Å². The number of hydrogen-bond acceptors (Lipinski definition) is 6. The van der Waals surface area contributed by atoms with Gasteiger partial charge in [-0.1, -0.05) is 103 Å². The normalized spacial score (nSPS) is 12.2. The summed E-state index contributed by atoms with van der Waals surface area (Å²) in [5.41, 5.74) is 6.14. The molecule has 0 bridgehead atoms. The Balaban J connectivity index is 1.40. The van der Waals surface area contributed by atoms with Gasteiger partial charge in [0.15, 0.2) is 5.82 Å². The van der Waals surface area contributed by atoms with Gasteiger partial charge in [-0.05, 0) is 92.3 Å². The van der Waals surface area contributed by atoms with Gasteiger partial charge in [-0.25, -0.2) is 9.97 Å². The van der Waals surface area contributed by atoms with Crippen molar-refractivity contribution < 1.29 is 14.3 Å². The maximum atomic E-state index is 13.5. The molecule has 1 atom stereocenters. The maximum absolute atomic E-state index is 13.5. The number of benzene rings is 3. The molecule has 0 aliphatic carbocycles. The summed E-state index contributed by atoms with van der Waals surface area (Å²) in [4.78, 5) is 22.8. The van der Waals surface area contributed by atoms with Gasteiger partial charge < -0.3 is 20.1 Å². The van der Waals surface area contributed by atoms with E-state index < -0.39 is 0 Å². The Bertz CT molecular complexity index is 1760. The minimum absolute atomic E-state index is 0.00390. The van der Waals surface area contributed by atoms with Crippen molar-refractivity contribution in [2.45, 2.75) is 105 Å². The molecule has 1 aromatic heterocycles. The lowest BCUT2D eigenvalue weighted by molar-refractivity contribution is 0.0480. The number of ether oxygens (including phenoxy) is 2. The molecule has 1 heterocycles. The Labute approximate surface area is 318 Å². The van der Waals surface area contributed by atoms with Gasteiger partial charge in [-0.15, -0.1) is 0 Å². The van der Waals surface area contributed by atoms with Crippen LogP contribution >= 0.6 is 0 Å². The fraction of sp³-hybridized carbons (Fsp3) is 0.413. The molecule has 282 valence electrons. The molecule has 53 heavy (non-hydrogen) atoms. The first-order valence-corrected chi connectivity index (χ1v) is 18.9. The lowest BCUT2D eigenvalue weighted by Gasteiger charge is -2.25. The van der Waals surface area contributed by atoms with Crippen molar-refractivity contribution in [1.29, 1.82) is 0 Å². The molecule has 0 aliphatic heterocycles. The maximum Gasteiger partial charge on any atom is 0.251 e. The number of carbonyl (C=O) groups excluding carboxylic acids is 1. The fourth-order valence-corrected chi connectivity index (χ4v) is 5.83. The van der Waals surface area contributed by atoms with Crippen molar-refractivity contribution in [3.05, 3.63) is 126 Å². The average molecular weight is 717 g/mol. The zero-order valence-corrected chi connectivity index (χ0v) is 33.2. The van der Waals surface area contributed by atoms with E-state index in [1.54, 1.807) is 0 Å². The van der Waals surface area contributed by atoms with Crippen molar-refractivity contribution in [1.82, 2.24) is 20.6 Å². The lowest BCUT2D eigenvalue weighted by atomic mass is 9.86. The Morgan fingerprint density at radius 3 is 2.00 bits per heavy atom. The van der Waals surface area contributed by atoms with Crippen molar-refractivity contribution >= 4 is 5.91 Å². The van der Waals surface area contributed by atoms with Crippen LogP contribution in [0.25, 0.3) is 22.5 Å². The lowest BCUT2D eigenvalue weighted by Crippen LogP contribution is -2.41. The highest BCUT2D eigenvalue weighted by Crippen LogP contribution is 2.25. The molecule has 0 unspecified atom stereocenters. The van der Waals surface area contributed by atoms with E-state index in [2.05, 4.69) is 80.5 Å². The van der Waals surface area contributed by atoms with Crippen molar-refractivity contribution in [3.8, 4) is 28.3 Å². The fourth-order valence-electron chi connectivity index (χ4n) is 5.83. The highest BCUT2D eigenvalue weighted by molar-refractivity contribution is 5.94. The summed E-state index contributed by atoms with van der Waals surface area (Å²) in [7, 11) is 0. The second-order valence-electron chi connectivity index (χ2n) is 16.3. The van der Waals surface area contributed by atoms with E-state index in [1.807, 2.05) is 93.8 Å². The second kappa shape index (κ2) is 18.7. The van der Waals surface area contributed by atoms with E-state index in [-0.39, 0.29) is 23.0 Å². The molecule has 0 saturated carbocycles. The summed E-state index contributed by atoms with van der Waals surface area (Å²) < 4.78 is 11.8. The molecule has 0 saturated heterocycles. The molecule has 0 spiro atoms. The highest BCUT2D eigenvalue weighted by atomic mass is 16.5. The van der Waals surface area contributed by atoms with Gasteiger partial charge in [-0.2, -0.15) is 0 Å². The molecule has 2 N–H and O–H groups in total. The van der Waals surface area contributed by atoms with Crippen LogP contribution in [0.2, 0.25) is 0 Å². The molecule has 3 aromatic carbocycles. The summed E-state index contributed by atoms with van der Waals surface area (Å²) >= 11 is 0. The van der Waals surface area contributed by atoms with Gasteiger partial charge in [0, 0.05) is 47.7 Å². The molecule has 7 heteroatoms. The molecule has 0 fully saturated rings. The van der Waals surface area contributed by atoms with Crippen LogP contribution in [-0.2, 0) is 16.6 Å². The molecule has 7 nitrogen and oxygen atoms in total. The number of unbranched alkanes of at least 4 members (excludes halogenated alkanes) is 1. The first-order valence-electron chi connectivity index (χ1n) is 18.9. The standard InChI is InChI=1S/C46H60N4O3/c1-32(2)13-11-12-28-52-41-24-20-36(21-25-41)39-30-48-43(49-31-39)37-16-14-35(15-17-37)29-42(34(4)47-27-26-33(3)53-46(8,9)10)50-44(51)38-18-22-40(23-19-38)45(5,6)7/h14-25,30-32,42,47H,3-4,11-13,26-29H2,1-2,5-10H3,(H,50,51)/t42-/m0/s1. The predicted octanol–water partition coefficient (Wildman–Crippen LogP) is 10.5. The summed E-state index contributed by atoms with van der Waals surface area (Å²) in [5.74, 6) is 2.81. The number of nitrogens with zero attached hydrogens (tertiary/aromatic N) is 2. The van der Waals surface area contributed by atoms with E-state index in [0.29, 0.717) is 36.5 Å². The minimum atomic E-state index is -0.357. The van der Waals surface area contributed by atoms with Crippen LogP contribution < -0.4 is 15.4 Å². The van der Waals surface area contributed by atoms with Crippen LogP contribution in [0.4, 0.5) is 0 Å². The Hall–Kier alpha value is -4.91. The van der Waals surface area contributed by atoms with Crippen LogP contribution in [0.5, 0.6) is 5.75 Å². The van der Waals surface area contributed by atoms with Crippen molar-refractivity contribution in [3.63, 3.8) is 0 Å². The SMILES string of the molecule is C=C(CCNC(=C)[C@H](Cc1ccc(-c2ncc(-c3ccc(OCCCCC(C)C)cc3)cn2)cc1)NC(=O)c1ccc(C(C)(C)C)cc1)OC(C)(C)C. The Morgan fingerprint density at radius 2 is 1.42 bits per heavy atom. The quantitative estimate of drug-likeness (QED) is 0.0788. The van der Waals surface area contributed by atoms with E-state index in [0.717, 1.165) is 52.6 Å². The van der Waals surface area contributed by atoms with Crippen LogP contribution in [0.1, 0.15) is 103 Å². The van der Waals surface area contributed by atoms with Crippen molar-refractivity contribution in [2.24, 2.45) is 5.92 Å². The number of nitrogens with one attached hydrogen (secondary N) is 2. The zero-order chi connectivity index (χ0) is 38.6. The van der Waals surface area contributed by atoms with Gasteiger partial charge in [0.2, 0.25) is 0 Å². The zero-order valence-electron chi connectivity index (χ0n) is 33.2. The van der Waals surface area contributed by atoms with Crippen molar-refractivity contribution in [2.75, 3.05) is 13.2 Å². The van der Waals surface area contributed by atoms with Gasteiger partial charge in [0.1, 0.15) is 11.4 Å². The molecule has 4 rings (SSSR count). The molecular weight excluding hydrogens is 657 g/mol. The van der Waals surface area contributed by atoms with E-state index in [4.69, 9.17) is 9.47 Å². The third-order valence-corrected chi connectivity index (χ3v) is 8.88. The minimum Gasteiger partial charge on any atom is -0.494 e. The van der Waals surface area contributed by atoms with E-state index in [9.17, 15) is 4.79 Å². The molecule has 0 aliphatic rings. The number of hydrogen-bond donors (Lipinski definition) is 2. The average Bonchev–Trinajstić information content (AvgIpc) is 3.10. The van der Waals surface area contributed by atoms with Crippen LogP contribution in [0, 0.1) is 5.92 Å². The second-order valence-corrected chi connectivity index (χ2v) is 16.3. The van der Waals surface area contributed by atoms with Crippen LogP contribution in [-0.4, -0.2) is 40.7 Å². The topological polar surface area (TPSA) is 85.4 Å². The molecule has 0 radical (unpaired) electrons. The number of carbonyl (C=O) groups is 1. The van der Waals surface area contributed by atoms with Gasteiger partial charge in [0.25, 0.3) is 5.91 Å². The first-order chi connectivity index (χ1) is 25.1. The summed E-state index contributed by atoms with van der Waals surface area (Å²) in [6.45, 7) is 26.7. The first kappa shape index (κ1) is 40.9. The Kier molecular flexibility index (Phi) is 14.4. The van der Waals surface area contributed by atoms with Gasteiger partial charge >= 0.3 is 0 Å². The third kappa shape index (κ3) is 13.5. The predicted molar refractivity (Wildman–Crippen MR) is 219 cm³/mol. The number of aromatic nitrogens is 2. The van der Waals surface area contributed by atoms with Crippen LogP contribution in [0.3, 0.4) is 0 Å². The summed E-state index contributed by atoms with van der Waals surface area (Å²) in [6.07, 6.45) is 8.37. The Morgan fingerprint density at radius 1 is 0.792 bits per heavy atom. The summed E-state index contributed by atoms with van der Waals surface area (Å²) in [5, 5.41) is 6.62. The molecule has 1 amide bonds. The van der Waals surface area contributed by atoms with E-state index in [1.165, 1.54) is 18.4 Å². The molecular formula is C46H60N4O3. The smallest absolute Gasteiger partial charge is 0.251 e. The van der Waals surface area contributed by atoms with Crippen LogP contribution in [0.15, 0.2) is 110 Å². The monoisotopic (exact) mass is 716 g/mol. The highest BCUT2D eigenvalue weighted by Gasteiger charge is 2.20. The van der Waals surface area contributed by atoms with Gasteiger partial charge in [-0.3, -0.25) is 4.79 Å². The number of amides is 1. The number of rotatable bonds is 18. The largest absolute Gasteiger partial charge is 0.494 e. The van der Waals surface area contributed by atoms with E-state index >= 15 is 0 Å². The molecule has 4 aromatic rings.